The van der Waals surface area contributed by atoms with Gasteiger partial charge in [-0.1, -0.05) is 0 Å². The van der Waals surface area contributed by atoms with E-state index in [1.807, 2.05) is 0 Å². The molecule has 5 heteroatoms. The highest BCUT2D eigenvalue weighted by Gasteiger charge is 2.21. The molecule has 14 heavy (non-hydrogen) atoms. The van der Waals surface area contributed by atoms with E-state index in [0.29, 0.717) is 25.4 Å². The molecule has 1 aliphatic heterocycles. The minimum absolute atomic E-state index is 0.0477. The average molecular weight is 200 g/mol. The molecular weight excluding hydrogens is 184 g/mol. The van der Waals surface area contributed by atoms with Crippen LogP contribution in [0.2, 0.25) is 0 Å². The Labute approximate surface area is 83.1 Å². The van der Waals surface area contributed by atoms with Crippen molar-refractivity contribution in [3.05, 3.63) is 0 Å². The Morgan fingerprint density at radius 1 is 1.50 bits per heavy atom. The summed E-state index contributed by atoms with van der Waals surface area (Å²) >= 11 is 0. The predicted octanol–water partition coefficient (Wildman–Crippen LogP) is -1.04. The maximum atomic E-state index is 11.4. The molecule has 2 amide bonds. The number of piperidine rings is 1. The van der Waals surface area contributed by atoms with E-state index in [2.05, 4.69) is 5.32 Å². The summed E-state index contributed by atoms with van der Waals surface area (Å²) in [6, 6.07) is 0. The van der Waals surface area contributed by atoms with Gasteiger partial charge in [0.15, 0.2) is 0 Å². The van der Waals surface area contributed by atoms with Gasteiger partial charge in [-0.3, -0.25) is 9.59 Å². The van der Waals surface area contributed by atoms with Gasteiger partial charge in [0, 0.05) is 19.7 Å². The number of likely N-dealkylation sites (tertiary alicyclic amines) is 1. The van der Waals surface area contributed by atoms with Gasteiger partial charge in [-0.2, -0.15) is 0 Å². The Kier molecular flexibility index (Phi) is 4.39. The average Bonchev–Trinajstić information content (AvgIpc) is 2.26. The van der Waals surface area contributed by atoms with Crippen molar-refractivity contribution >= 4 is 12.3 Å². The molecule has 2 N–H and O–H groups in total. The number of carbonyl (C=O) groups excluding carboxylic acids is 2. The molecule has 0 aromatic heterocycles. The van der Waals surface area contributed by atoms with Gasteiger partial charge in [-0.15, -0.1) is 0 Å². The van der Waals surface area contributed by atoms with Crippen LogP contribution in [0.3, 0.4) is 0 Å². The second kappa shape index (κ2) is 5.59. The van der Waals surface area contributed by atoms with Gasteiger partial charge < -0.3 is 15.3 Å². The number of aliphatic hydroxyl groups excluding tert-OH is 1. The molecule has 1 heterocycles. The molecule has 0 spiro atoms. The molecule has 0 aromatic carbocycles. The molecular formula is C9H16N2O3. The van der Waals surface area contributed by atoms with Crippen LogP contribution in [0.4, 0.5) is 0 Å². The Morgan fingerprint density at radius 3 is 2.64 bits per heavy atom. The summed E-state index contributed by atoms with van der Waals surface area (Å²) < 4.78 is 0. The van der Waals surface area contributed by atoms with Crippen molar-refractivity contribution < 1.29 is 14.7 Å². The van der Waals surface area contributed by atoms with Crippen LogP contribution in [0, 0.1) is 5.92 Å². The first-order valence-corrected chi connectivity index (χ1v) is 4.83. The molecule has 0 aliphatic carbocycles. The fraction of sp³-hybridized carbons (Fsp3) is 0.778. The summed E-state index contributed by atoms with van der Waals surface area (Å²) in [4.78, 5) is 23.1. The molecule has 0 unspecified atom stereocenters. The van der Waals surface area contributed by atoms with Crippen molar-refractivity contribution in [1.82, 2.24) is 10.2 Å². The van der Waals surface area contributed by atoms with Gasteiger partial charge in [0.2, 0.25) is 12.3 Å². The second-order valence-corrected chi connectivity index (χ2v) is 3.51. The molecule has 1 aliphatic rings. The van der Waals surface area contributed by atoms with Gasteiger partial charge in [0.1, 0.15) is 0 Å². The van der Waals surface area contributed by atoms with Crippen LogP contribution in [-0.2, 0) is 9.59 Å². The van der Waals surface area contributed by atoms with Gasteiger partial charge in [0.05, 0.1) is 6.54 Å². The number of nitrogens with zero attached hydrogens (tertiary/aromatic N) is 1. The monoisotopic (exact) mass is 200 g/mol. The molecule has 0 atom stereocenters. The third-order valence-electron chi connectivity index (χ3n) is 2.56. The molecule has 5 nitrogen and oxygen atoms in total. The topological polar surface area (TPSA) is 69.6 Å². The molecule has 0 saturated carbocycles. The van der Waals surface area contributed by atoms with Crippen LogP contribution in [-0.4, -0.2) is 48.6 Å². The number of amides is 2. The van der Waals surface area contributed by atoms with Crippen LogP contribution in [0.5, 0.6) is 0 Å². The molecule has 1 saturated heterocycles. The third kappa shape index (κ3) is 2.99. The first-order valence-electron chi connectivity index (χ1n) is 4.83. The zero-order valence-corrected chi connectivity index (χ0v) is 8.11. The predicted molar refractivity (Wildman–Crippen MR) is 50.5 cm³/mol. The Hall–Kier alpha value is -1.10. The van der Waals surface area contributed by atoms with Gasteiger partial charge in [-0.25, -0.2) is 0 Å². The first kappa shape index (κ1) is 11.0. The molecule has 0 bridgehead atoms. The molecule has 1 fully saturated rings. The minimum Gasteiger partial charge on any atom is -0.396 e. The number of hydrogen-bond acceptors (Lipinski definition) is 3. The largest absolute Gasteiger partial charge is 0.396 e. The summed E-state index contributed by atoms with van der Waals surface area (Å²) in [7, 11) is 0. The number of rotatable bonds is 4. The lowest BCUT2D eigenvalue weighted by molar-refractivity contribution is -0.132. The molecule has 0 radical (unpaired) electrons. The Balaban J connectivity index is 2.26. The number of hydrogen-bond donors (Lipinski definition) is 2. The number of aliphatic hydroxyl groups is 1. The Bertz CT molecular complexity index is 200. The SMILES string of the molecule is O=CNCC(=O)N1CCC(CO)CC1. The quantitative estimate of drug-likeness (QED) is 0.570. The zero-order valence-electron chi connectivity index (χ0n) is 8.11. The summed E-state index contributed by atoms with van der Waals surface area (Å²) in [5.41, 5.74) is 0. The van der Waals surface area contributed by atoms with Crippen molar-refractivity contribution in [3.63, 3.8) is 0 Å². The Morgan fingerprint density at radius 2 is 2.14 bits per heavy atom. The highest BCUT2D eigenvalue weighted by Crippen LogP contribution is 2.15. The lowest BCUT2D eigenvalue weighted by Gasteiger charge is -2.31. The maximum absolute atomic E-state index is 11.4. The summed E-state index contributed by atoms with van der Waals surface area (Å²) in [5.74, 6) is 0.284. The lowest BCUT2D eigenvalue weighted by atomic mass is 9.98. The highest BCUT2D eigenvalue weighted by atomic mass is 16.3. The van der Waals surface area contributed by atoms with E-state index in [1.165, 1.54) is 0 Å². The summed E-state index contributed by atoms with van der Waals surface area (Å²) in [5, 5.41) is 11.2. The van der Waals surface area contributed by atoms with Crippen molar-refractivity contribution in [1.29, 1.82) is 0 Å². The summed E-state index contributed by atoms with van der Waals surface area (Å²) in [6.07, 6.45) is 2.23. The van der Waals surface area contributed by atoms with Crippen molar-refractivity contribution in [3.8, 4) is 0 Å². The normalized spacial score (nSPS) is 17.9. The zero-order chi connectivity index (χ0) is 10.4. The van der Waals surface area contributed by atoms with E-state index in [1.54, 1.807) is 4.90 Å². The van der Waals surface area contributed by atoms with Crippen molar-refractivity contribution in [2.45, 2.75) is 12.8 Å². The maximum Gasteiger partial charge on any atom is 0.241 e. The third-order valence-corrected chi connectivity index (χ3v) is 2.56. The van der Waals surface area contributed by atoms with E-state index in [4.69, 9.17) is 5.11 Å². The molecule has 80 valence electrons. The van der Waals surface area contributed by atoms with Gasteiger partial charge in [-0.05, 0) is 18.8 Å². The van der Waals surface area contributed by atoms with Crippen LogP contribution in [0.1, 0.15) is 12.8 Å². The first-order chi connectivity index (χ1) is 6.77. The second-order valence-electron chi connectivity index (χ2n) is 3.51. The van der Waals surface area contributed by atoms with Crippen molar-refractivity contribution in [2.75, 3.05) is 26.2 Å². The number of nitrogens with one attached hydrogen (secondary N) is 1. The number of carbonyl (C=O) groups is 2. The van der Waals surface area contributed by atoms with Crippen LogP contribution >= 0.6 is 0 Å². The van der Waals surface area contributed by atoms with Crippen LogP contribution in [0.25, 0.3) is 0 Å². The van der Waals surface area contributed by atoms with Crippen LogP contribution < -0.4 is 5.32 Å². The van der Waals surface area contributed by atoms with E-state index < -0.39 is 0 Å². The fourth-order valence-corrected chi connectivity index (χ4v) is 1.61. The molecule has 1 rings (SSSR count). The van der Waals surface area contributed by atoms with Gasteiger partial charge >= 0.3 is 0 Å². The summed E-state index contributed by atoms with van der Waals surface area (Å²) in [6.45, 7) is 1.65. The van der Waals surface area contributed by atoms with E-state index in [9.17, 15) is 9.59 Å². The smallest absolute Gasteiger partial charge is 0.241 e. The standard InChI is InChI=1S/C9H16N2O3/c12-6-8-1-3-11(4-2-8)9(14)5-10-7-13/h7-8,12H,1-6H2,(H,10,13). The van der Waals surface area contributed by atoms with E-state index in [-0.39, 0.29) is 19.1 Å². The van der Waals surface area contributed by atoms with Crippen LogP contribution in [0.15, 0.2) is 0 Å². The molecule has 0 aromatic rings. The minimum atomic E-state index is -0.0477. The van der Waals surface area contributed by atoms with Gasteiger partial charge in [0.25, 0.3) is 0 Å². The van der Waals surface area contributed by atoms with Crippen molar-refractivity contribution in [2.24, 2.45) is 5.92 Å². The lowest BCUT2D eigenvalue weighted by Crippen LogP contribution is -2.43. The van der Waals surface area contributed by atoms with E-state index in [0.717, 1.165) is 12.8 Å². The van der Waals surface area contributed by atoms with E-state index >= 15 is 0 Å². The highest BCUT2D eigenvalue weighted by molar-refractivity contribution is 5.80. The fourth-order valence-electron chi connectivity index (χ4n) is 1.61.